The summed E-state index contributed by atoms with van der Waals surface area (Å²) in [5.41, 5.74) is 1.73. The maximum Gasteiger partial charge on any atom is 0.253 e. The van der Waals surface area contributed by atoms with Crippen molar-refractivity contribution in [1.82, 2.24) is 14.8 Å². The first-order valence-corrected chi connectivity index (χ1v) is 7.68. The van der Waals surface area contributed by atoms with E-state index in [0.29, 0.717) is 16.7 Å². The quantitative estimate of drug-likeness (QED) is 0.810. The van der Waals surface area contributed by atoms with Crippen LogP contribution in [0.4, 0.5) is 0 Å². The number of benzene rings is 1. The van der Waals surface area contributed by atoms with E-state index in [1.807, 2.05) is 4.90 Å². The van der Waals surface area contributed by atoms with Crippen molar-refractivity contribution < 1.29 is 9.59 Å². The number of aromatic nitrogens is 1. The minimum atomic E-state index is -0.0864. The van der Waals surface area contributed by atoms with Gasteiger partial charge < -0.3 is 9.80 Å². The average Bonchev–Trinajstić information content (AvgIpc) is 2.62. The van der Waals surface area contributed by atoms with Crippen LogP contribution in [0.2, 0.25) is 0 Å². The second kappa shape index (κ2) is 6.71. The lowest BCUT2D eigenvalue weighted by Crippen LogP contribution is -2.47. The van der Waals surface area contributed by atoms with E-state index in [1.165, 1.54) is 0 Å². The summed E-state index contributed by atoms with van der Waals surface area (Å²) in [5.74, 6) is -0.0600. The number of ketones is 1. The second-order valence-electron chi connectivity index (χ2n) is 5.74. The van der Waals surface area contributed by atoms with Gasteiger partial charge in [-0.1, -0.05) is 12.1 Å². The number of carbonyl (C=O) groups is 2. The number of amides is 1. The van der Waals surface area contributed by atoms with E-state index >= 15 is 0 Å². The van der Waals surface area contributed by atoms with Gasteiger partial charge in [0.2, 0.25) is 0 Å². The zero-order chi connectivity index (χ0) is 16.2. The van der Waals surface area contributed by atoms with Crippen molar-refractivity contribution in [3.05, 3.63) is 65.5 Å². The third-order valence-corrected chi connectivity index (χ3v) is 4.11. The lowest BCUT2D eigenvalue weighted by atomic mass is 10.0. The molecule has 1 amide bonds. The van der Waals surface area contributed by atoms with Crippen LogP contribution in [0.3, 0.4) is 0 Å². The van der Waals surface area contributed by atoms with Gasteiger partial charge in [-0.2, -0.15) is 0 Å². The third-order valence-electron chi connectivity index (χ3n) is 4.11. The monoisotopic (exact) mass is 309 g/mol. The van der Waals surface area contributed by atoms with E-state index in [2.05, 4.69) is 16.9 Å². The molecule has 0 unspecified atom stereocenters. The maximum atomic E-state index is 12.5. The van der Waals surface area contributed by atoms with Crippen LogP contribution in [0.5, 0.6) is 0 Å². The van der Waals surface area contributed by atoms with Gasteiger partial charge in [0.05, 0.1) is 0 Å². The fraction of sp³-hybridized carbons (Fsp3) is 0.278. The largest absolute Gasteiger partial charge is 0.336 e. The zero-order valence-electron chi connectivity index (χ0n) is 13.1. The molecule has 0 spiro atoms. The first-order chi connectivity index (χ1) is 11.1. The highest BCUT2D eigenvalue weighted by molar-refractivity contribution is 6.09. The van der Waals surface area contributed by atoms with Crippen LogP contribution in [-0.4, -0.2) is 59.7 Å². The molecule has 2 heterocycles. The highest BCUT2D eigenvalue weighted by atomic mass is 16.2. The zero-order valence-corrected chi connectivity index (χ0v) is 13.1. The molecule has 0 atom stereocenters. The van der Waals surface area contributed by atoms with Gasteiger partial charge in [-0.3, -0.25) is 14.6 Å². The van der Waals surface area contributed by atoms with E-state index in [9.17, 15) is 9.59 Å². The molecule has 0 aliphatic carbocycles. The average molecular weight is 309 g/mol. The Morgan fingerprint density at radius 3 is 2.17 bits per heavy atom. The van der Waals surface area contributed by atoms with Crippen LogP contribution in [0.1, 0.15) is 26.3 Å². The molecule has 1 saturated heterocycles. The molecule has 23 heavy (non-hydrogen) atoms. The van der Waals surface area contributed by atoms with Crippen molar-refractivity contribution in [2.24, 2.45) is 0 Å². The molecule has 0 bridgehead atoms. The van der Waals surface area contributed by atoms with E-state index in [-0.39, 0.29) is 11.7 Å². The van der Waals surface area contributed by atoms with Crippen LogP contribution in [-0.2, 0) is 0 Å². The Hall–Kier alpha value is -2.53. The summed E-state index contributed by atoms with van der Waals surface area (Å²) in [6.07, 6.45) is 3.18. The molecule has 1 fully saturated rings. The summed E-state index contributed by atoms with van der Waals surface area (Å²) in [7, 11) is 2.06. The summed E-state index contributed by atoms with van der Waals surface area (Å²) in [6.45, 7) is 3.27. The summed E-state index contributed by atoms with van der Waals surface area (Å²) in [5, 5.41) is 0. The smallest absolute Gasteiger partial charge is 0.253 e. The first-order valence-electron chi connectivity index (χ1n) is 7.68. The Labute approximate surface area is 135 Å². The molecule has 5 heteroatoms. The highest BCUT2D eigenvalue weighted by Gasteiger charge is 2.20. The van der Waals surface area contributed by atoms with Gasteiger partial charge >= 0.3 is 0 Å². The molecule has 3 rings (SSSR count). The molecular weight excluding hydrogens is 290 g/mol. The molecular formula is C18H19N3O2. The molecule has 0 saturated carbocycles. The number of carbonyl (C=O) groups excluding carboxylic acids is 2. The maximum absolute atomic E-state index is 12.5. The molecule has 2 aromatic rings. The molecule has 118 valence electrons. The molecule has 5 nitrogen and oxygen atoms in total. The Morgan fingerprint density at radius 1 is 0.913 bits per heavy atom. The van der Waals surface area contributed by atoms with Crippen LogP contribution < -0.4 is 0 Å². The van der Waals surface area contributed by atoms with Gasteiger partial charge in [-0.05, 0) is 31.3 Å². The van der Waals surface area contributed by atoms with Gasteiger partial charge in [0.1, 0.15) is 0 Å². The van der Waals surface area contributed by atoms with Crippen molar-refractivity contribution in [2.75, 3.05) is 33.2 Å². The molecule has 1 aliphatic rings. The number of rotatable bonds is 3. The predicted octanol–water partition coefficient (Wildman–Crippen LogP) is 1.70. The summed E-state index contributed by atoms with van der Waals surface area (Å²) >= 11 is 0. The minimum Gasteiger partial charge on any atom is -0.336 e. The number of hydrogen-bond donors (Lipinski definition) is 0. The molecule has 1 aliphatic heterocycles. The minimum absolute atomic E-state index is 0.0264. The van der Waals surface area contributed by atoms with E-state index < -0.39 is 0 Å². The van der Waals surface area contributed by atoms with E-state index in [0.717, 1.165) is 26.2 Å². The van der Waals surface area contributed by atoms with Gasteiger partial charge in [0, 0.05) is 55.3 Å². The second-order valence-corrected chi connectivity index (χ2v) is 5.74. The standard InChI is InChI=1S/C18H19N3O2/c1-20-9-11-21(12-10-20)18(23)15-6-4-14(5-7-15)17(22)16-3-2-8-19-13-16/h2-8,13H,9-12H2,1H3. The number of nitrogens with zero attached hydrogens (tertiary/aromatic N) is 3. The molecule has 0 radical (unpaired) electrons. The Balaban J connectivity index is 1.72. The van der Waals surface area contributed by atoms with Gasteiger partial charge in [-0.25, -0.2) is 0 Å². The van der Waals surface area contributed by atoms with Crippen LogP contribution in [0, 0.1) is 0 Å². The van der Waals surface area contributed by atoms with E-state index in [1.54, 1.807) is 48.8 Å². The summed E-state index contributed by atoms with van der Waals surface area (Å²) in [6, 6.07) is 10.3. The van der Waals surface area contributed by atoms with Crippen molar-refractivity contribution in [2.45, 2.75) is 0 Å². The van der Waals surface area contributed by atoms with Crippen molar-refractivity contribution in [1.29, 1.82) is 0 Å². The lowest BCUT2D eigenvalue weighted by Gasteiger charge is -2.32. The number of hydrogen-bond acceptors (Lipinski definition) is 4. The number of pyridine rings is 1. The fourth-order valence-electron chi connectivity index (χ4n) is 2.62. The predicted molar refractivity (Wildman–Crippen MR) is 87.5 cm³/mol. The number of piperazine rings is 1. The third kappa shape index (κ3) is 3.46. The van der Waals surface area contributed by atoms with Crippen LogP contribution in [0.15, 0.2) is 48.8 Å². The fourth-order valence-corrected chi connectivity index (χ4v) is 2.62. The Bertz CT molecular complexity index is 690. The SMILES string of the molecule is CN1CCN(C(=O)c2ccc(C(=O)c3cccnc3)cc2)CC1. The van der Waals surface area contributed by atoms with E-state index in [4.69, 9.17) is 0 Å². The summed E-state index contributed by atoms with van der Waals surface area (Å²) in [4.78, 5) is 32.8. The molecule has 0 N–H and O–H groups in total. The number of likely N-dealkylation sites (N-methyl/N-ethyl adjacent to an activating group) is 1. The molecule has 1 aromatic heterocycles. The highest BCUT2D eigenvalue weighted by Crippen LogP contribution is 2.13. The van der Waals surface area contributed by atoms with Crippen molar-refractivity contribution >= 4 is 11.7 Å². The lowest BCUT2D eigenvalue weighted by molar-refractivity contribution is 0.0664. The van der Waals surface area contributed by atoms with Gasteiger partial charge in [0.25, 0.3) is 5.91 Å². The van der Waals surface area contributed by atoms with Crippen LogP contribution >= 0.6 is 0 Å². The van der Waals surface area contributed by atoms with Crippen molar-refractivity contribution in [3.63, 3.8) is 0 Å². The van der Waals surface area contributed by atoms with Crippen LogP contribution in [0.25, 0.3) is 0 Å². The van der Waals surface area contributed by atoms with Gasteiger partial charge in [0.15, 0.2) is 5.78 Å². The Kier molecular flexibility index (Phi) is 4.48. The topological polar surface area (TPSA) is 53.5 Å². The normalized spacial score (nSPS) is 15.4. The molecule has 1 aromatic carbocycles. The first kappa shape index (κ1) is 15.4. The summed E-state index contributed by atoms with van der Waals surface area (Å²) < 4.78 is 0. The van der Waals surface area contributed by atoms with Gasteiger partial charge in [-0.15, -0.1) is 0 Å². The Morgan fingerprint density at radius 2 is 1.57 bits per heavy atom. The van der Waals surface area contributed by atoms with Crippen molar-refractivity contribution in [3.8, 4) is 0 Å².